The molecule has 0 radical (unpaired) electrons. The molecule has 2 fully saturated rings. The molecule has 1 aromatic carbocycles. The maximum absolute atomic E-state index is 14.8. The van der Waals surface area contributed by atoms with Crippen LogP contribution in [-0.2, 0) is 24.8 Å². The summed E-state index contributed by atoms with van der Waals surface area (Å²) in [6.45, 7) is 3.96. The van der Waals surface area contributed by atoms with Crippen LogP contribution in [-0.4, -0.2) is 67.1 Å². The van der Waals surface area contributed by atoms with Crippen LogP contribution >= 0.6 is 0 Å². The van der Waals surface area contributed by atoms with Crippen LogP contribution in [0.4, 0.5) is 16.2 Å². The molecular formula is C27H29FN8O. The number of carbonyl (C=O) groups is 1. The predicted octanol–water partition coefficient (Wildman–Crippen LogP) is 3.53. The Labute approximate surface area is 214 Å². The van der Waals surface area contributed by atoms with E-state index in [-0.39, 0.29) is 11.6 Å². The summed E-state index contributed by atoms with van der Waals surface area (Å²) in [5, 5.41) is 8.77. The van der Waals surface area contributed by atoms with E-state index in [1.807, 2.05) is 48.3 Å². The van der Waals surface area contributed by atoms with Gasteiger partial charge in [-0.3, -0.25) is 14.4 Å². The summed E-state index contributed by atoms with van der Waals surface area (Å²) in [6.07, 6.45) is 7.43. The Bertz CT molecular complexity index is 1420. The van der Waals surface area contributed by atoms with Crippen molar-refractivity contribution in [3.8, 4) is 11.3 Å². The number of fused-ring (bicyclic) bond motifs is 1. The quantitative estimate of drug-likeness (QED) is 0.370. The van der Waals surface area contributed by atoms with Crippen LogP contribution in [0.1, 0.15) is 24.1 Å². The molecule has 3 aromatic heterocycles. The number of rotatable bonds is 8. The molecule has 1 aliphatic heterocycles. The van der Waals surface area contributed by atoms with E-state index in [2.05, 4.69) is 30.3 Å². The standard InChI is InChI=1S/C27H29FN8O/c1-34-24(12-18-2-3-18)21-13-20(5-6-23(21)33-34)26-22(28)15-30-27(32-26)31-25-7-4-19(14-29-25)16-35-8-10-36(17-37)11-9-35/h4-7,13-15,17-18H,2-3,8-12,16H2,1H3,(H,29,30,31,32). The van der Waals surface area contributed by atoms with Gasteiger partial charge < -0.3 is 10.2 Å². The van der Waals surface area contributed by atoms with E-state index in [0.717, 1.165) is 67.9 Å². The molecule has 10 heteroatoms. The number of amides is 1. The van der Waals surface area contributed by atoms with Crippen LogP contribution in [0.2, 0.25) is 0 Å². The van der Waals surface area contributed by atoms with Gasteiger partial charge in [-0.2, -0.15) is 5.10 Å². The number of hydrogen-bond acceptors (Lipinski definition) is 7. The molecule has 1 saturated heterocycles. The largest absolute Gasteiger partial charge is 0.343 e. The van der Waals surface area contributed by atoms with E-state index in [9.17, 15) is 9.18 Å². The number of nitrogens with zero attached hydrogens (tertiary/aromatic N) is 7. The van der Waals surface area contributed by atoms with Crippen molar-refractivity contribution in [2.75, 3.05) is 31.5 Å². The highest BCUT2D eigenvalue weighted by Crippen LogP contribution is 2.35. The minimum Gasteiger partial charge on any atom is -0.343 e. The Morgan fingerprint density at radius 3 is 2.65 bits per heavy atom. The molecule has 6 rings (SSSR count). The molecule has 0 bridgehead atoms. The summed E-state index contributed by atoms with van der Waals surface area (Å²) in [5.74, 6) is 1.11. The fourth-order valence-corrected chi connectivity index (χ4v) is 4.86. The van der Waals surface area contributed by atoms with E-state index in [1.54, 1.807) is 4.90 Å². The minimum atomic E-state index is -0.476. The summed E-state index contributed by atoms with van der Waals surface area (Å²) < 4.78 is 16.8. The summed E-state index contributed by atoms with van der Waals surface area (Å²) in [4.78, 5) is 28.1. The zero-order chi connectivity index (χ0) is 25.4. The molecule has 4 aromatic rings. The van der Waals surface area contributed by atoms with E-state index in [0.29, 0.717) is 11.4 Å². The van der Waals surface area contributed by atoms with Gasteiger partial charge in [0.05, 0.1) is 11.7 Å². The normalized spacial score (nSPS) is 16.3. The number of aryl methyl sites for hydroxylation is 1. The fourth-order valence-electron chi connectivity index (χ4n) is 4.86. The number of halogens is 1. The number of piperazine rings is 1. The van der Waals surface area contributed by atoms with Crippen LogP contribution in [0.15, 0.2) is 42.7 Å². The molecule has 0 atom stereocenters. The van der Waals surface area contributed by atoms with Crippen molar-refractivity contribution in [3.05, 3.63) is 59.8 Å². The van der Waals surface area contributed by atoms with Gasteiger partial charge in [-0.05, 0) is 48.9 Å². The summed E-state index contributed by atoms with van der Waals surface area (Å²) in [7, 11) is 1.97. The van der Waals surface area contributed by atoms with Crippen LogP contribution in [0, 0.1) is 11.7 Å². The number of benzene rings is 1. The lowest BCUT2D eigenvalue weighted by Gasteiger charge is -2.32. The van der Waals surface area contributed by atoms with Gasteiger partial charge in [0, 0.05) is 62.6 Å². The van der Waals surface area contributed by atoms with Gasteiger partial charge in [-0.1, -0.05) is 12.1 Å². The Morgan fingerprint density at radius 1 is 1.08 bits per heavy atom. The van der Waals surface area contributed by atoms with E-state index < -0.39 is 5.82 Å². The molecular weight excluding hydrogens is 471 g/mol. The van der Waals surface area contributed by atoms with Crippen molar-refractivity contribution in [2.24, 2.45) is 13.0 Å². The van der Waals surface area contributed by atoms with Crippen molar-refractivity contribution in [1.29, 1.82) is 0 Å². The number of pyridine rings is 1. The van der Waals surface area contributed by atoms with E-state index in [4.69, 9.17) is 0 Å². The molecule has 9 nitrogen and oxygen atoms in total. The second-order valence-corrected chi connectivity index (χ2v) is 9.93. The lowest BCUT2D eigenvalue weighted by molar-refractivity contribution is -0.119. The van der Waals surface area contributed by atoms with Crippen LogP contribution < -0.4 is 5.32 Å². The van der Waals surface area contributed by atoms with Crippen molar-refractivity contribution in [2.45, 2.75) is 25.8 Å². The number of anilines is 2. The second-order valence-electron chi connectivity index (χ2n) is 9.93. The summed E-state index contributed by atoms with van der Waals surface area (Å²) >= 11 is 0. The van der Waals surface area contributed by atoms with Gasteiger partial charge in [-0.15, -0.1) is 0 Å². The average molecular weight is 501 g/mol. The molecule has 190 valence electrons. The molecule has 0 spiro atoms. The lowest BCUT2D eigenvalue weighted by Crippen LogP contribution is -2.45. The molecule has 1 N–H and O–H groups in total. The number of aromatic nitrogens is 5. The van der Waals surface area contributed by atoms with Crippen molar-refractivity contribution in [3.63, 3.8) is 0 Å². The first-order chi connectivity index (χ1) is 18.1. The average Bonchev–Trinajstić information content (AvgIpc) is 3.69. The van der Waals surface area contributed by atoms with Gasteiger partial charge in [0.25, 0.3) is 0 Å². The molecule has 1 amide bonds. The minimum absolute atomic E-state index is 0.242. The van der Waals surface area contributed by atoms with Gasteiger partial charge in [0.15, 0.2) is 5.82 Å². The third kappa shape index (κ3) is 5.15. The molecule has 37 heavy (non-hydrogen) atoms. The van der Waals surface area contributed by atoms with E-state index >= 15 is 0 Å². The SMILES string of the molecule is Cn1nc2ccc(-c3nc(Nc4ccc(CN5CCN(C=O)CC5)cn4)ncc3F)cc2c1CC1CC1. The van der Waals surface area contributed by atoms with Crippen molar-refractivity contribution in [1.82, 2.24) is 34.5 Å². The summed E-state index contributed by atoms with van der Waals surface area (Å²) in [5.41, 5.74) is 4.11. The van der Waals surface area contributed by atoms with Crippen LogP contribution in [0.5, 0.6) is 0 Å². The zero-order valence-corrected chi connectivity index (χ0v) is 20.8. The van der Waals surface area contributed by atoms with Crippen molar-refractivity contribution < 1.29 is 9.18 Å². The molecule has 1 saturated carbocycles. The van der Waals surface area contributed by atoms with Gasteiger partial charge in [0.2, 0.25) is 12.4 Å². The third-order valence-corrected chi connectivity index (χ3v) is 7.18. The Hall–Kier alpha value is -3.92. The number of carbonyl (C=O) groups excluding carboxylic acids is 1. The Morgan fingerprint density at radius 2 is 1.92 bits per heavy atom. The maximum Gasteiger partial charge on any atom is 0.229 e. The van der Waals surface area contributed by atoms with Crippen LogP contribution in [0.3, 0.4) is 0 Å². The maximum atomic E-state index is 14.8. The zero-order valence-electron chi connectivity index (χ0n) is 20.8. The van der Waals surface area contributed by atoms with E-state index in [1.165, 1.54) is 24.7 Å². The van der Waals surface area contributed by atoms with Crippen molar-refractivity contribution >= 4 is 29.1 Å². The van der Waals surface area contributed by atoms with Gasteiger partial charge in [-0.25, -0.2) is 19.3 Å². The third-order valence-electron chi connectivity index (χ3n) is 7.18. The first-order valence-corrected chi connectivity index (χ1v) is 12.7. The monoisotopic (exact) mass is 500 g/mol. The Balaban J connectivity index is 1.18. The highest BCUT2D eigenvalue weighted by atomic mass is 19.1. The van der Waals surface area contributed by atoms with Gasteiger partial charge >= 0.3 is 0 Å². The molecule has 0 unspecified atom stereocenters. The Kier molecular flexibility index (Phi) is 6.25. The highest BCUT2D eigenvalue weighted by molar-refractivity contribution is 5.86. The van der Waals surface area contributed by atoms with Crippen LogP contribution in [0.25, 0.3) is 22.2 Å². The first kappa shape index (κ1) is 23.5. The highest BCUT2D eigenvalue weighted by Gasteiger charge is 2.25. The molecule has 4 heterocycles. The molecule has 2 aliphatic rings. The number of nitrogens with one attached hydrogen (secondary N) is 1. The second kappa shape index (κ2) is 9.85. The molecule has 1 aliphatic carbocycles. The smallest absolute Gasteiger partial charge is 0.229 e. The van der Waals surface area contributed by atoms with Gasteiger partial charge in [0.1, 0.15) is 11.5 Å². The first-order valence-electron chi connectivity index (χ1n) is 12.7. The predicted molar refractivity (Wildman–Crippen MR) is 139 cm³/mol. The number of hydrogen-bond donors (Lipinski definition) is 1. The lowest BCUT2D eigenvalue weighted by atomic mass is 10.1. The fraction of sp³-hybridized carbons (Fsp3) is 0.370. The topological polar surface area (TPSA) is 92.1 Å². The summed E-state index contributed by atoms with van der Waals surface area (Å²) in [6, 6.07) is 9.64.